The van der Waals surface area contributed by atoms with Crippen molar-refractivity contribution in [1.82, 2.24) is 14.3 Å². The highest BCUT2D eigenvalue weighted by atomic mass is 16.2. The Balaban J connectivity index is 1.74. The Morgan fingerprint density at radius 3 is 2.30 bits per heavy atom. The van der Waals surface area contributed by atoms with Crippen LogP contribution in [0.25, 0.3) is 0 Å². The second-order valence-electron chi connectivity index (χ2n) is 7.70. The van der Waals surface area contributed by atoms with Gasteiger partial charge in [-0.05, 0) is 50.7 Å². The summed E-state index contributed by atoms with van der Waals surface area (Å²) < 4.78 is 3.23. The summed E-state index contributed by atoms with van der Waals surface area (Å²) in [5.74, 6) is 0.726. The van der Waals surface area contributed by atoms with Crippen LogP contribution in [-0.4, -0.2) is 14.3 Å². The van der Waals surface area contributed by atoms with Crippen LogP contribution in [0.2, 0.25) is 0 Å². The maximum atomic E-state index is 12.4. The molecule has 1 aliphatic carbocycles. The molecule has 2 aromatic rings. The van der Waals surface area contributed by atoms with E-state index >= 15 is 0 Å². The predicted octanol–water partition coefficient (Wildman–Crippen LogP) is 3.90. The van der Waals surface area contributed by atoms with E-state index in [9.17, 15) is 4.79 Å². The average molecular weight is 313 g/mol. The van der Waals surface area contributed by atoms with Crippen LogP contribution in [0.15, 0.2) is 35.4 Å². The van der Waals surface area contributed by atoms with Crippen LogP contribution in [0.3, 0.4) is 0 Å². The monoisotopic (exact) mass is 313 g/mol. The van der Waals surface area contributed by atoms with Gasteiger partial charge in [-0.1, -0.05) is 43.5 Å². The van der Waals surface area contributed by atoms with Gasteiger partial charge in [-0.2, -0.15) is 5.10 Å². The zero-order chi connectivity index (χ0) is 16.4. The molecular formula is C19H27N3O. The molecule has 0 radical (unpaired) electrons. The Morgan fingerprint density at radius 2 is 1.74 bits per heavy atom. The molecule has 1 aromatic carbocycles. The molecule has 1 heterocycles. The lowest BCUT2D eigenvalue weighted by Gasteiger charge is -2.22. The predicted molar refractivity (Wildman–Crippen MR) is 92.9 cm³/mol. The number of hydrogen-bond acceptors (Lipinski definition) is 2. The van der Waals surface area contributed by atoms with Crippen LogP contribution in [0.4, 0.5) is 0 Å². The summed E-state index contributed by atoms with van der Waals surface area (Å²) in [6.07, 6.45) is 8.37. The van der Waals surface area contributed by atoms with Gasteiger partial charge in [-0.3, -0.25) is 4.57 Å². The molecule has 0 N–H and O–H groups in total. The van der Waals surface area contributed by atoms with Crippen molar-refractivity contribution >= 4 is 0 Å². The van der Waals surface area contributed by atoms with Crippen molar-refractivity contribution in [1.29, 1.82) is 0 Å². The third-order valence-electron chi connectivity index (χ3n) is 4.78. The van der Waals surface area contributed by atoms with Crippen molar-refractivity contribution in [2.24, 2.45) is 0 Å². The van der Waals surface area contributed by atoms with Gasteiger partial charge in [0.05, 0.1) is 12.1 Å². The number of hydrogen-bond donors (Lipinski definition) is 0. The standard InChI is InChI=1S/C19H27N3O/c1-19(2,3)22-18(23)21(14-20-22)13-15-9-11-17(12-10-15)16-7-5-4-6-8-16/h9-12,14,16H,4-8,13H2,1-3H3. The lowest BCUT2D eigenvalue weighted by atomic mass is 9.84. The van der Waals surface area contributed by atoms with Gasteiger partial charge in [-0.25, -0.2) is 9.48 Å². The van der Waals surface area contributed by atoms with E-state index in [1.807, 2.05) is 20.8 Å². The number of aromatic nitrogens is 3. The van der Waals surface area contributed by atoms with E-state index in [0.29, 0.717) is 6.54 Å². The van der Waals surface area contributed by atoms with E-state index in [1.165, 1.54) is 37.7 Å². The Bertz CT molecular complexity index is 697. The normalized spacial score (nSPS) is 16.7. The van der Waals surface area contributed by atoms with E-state index in [1.54, 1.807) is 15.6 Å². The minimum atomic E-state index is -0.285. The largest absolute Gasteiger partial charge is 0.346 e. The Hall–Kier alpha value is -1.84. The van der Waals surface area contributed by atoms with E-state index in [4.69, 9.17) is 0 Å². The first-order chi connectivity index (χ1) is 10.9. The van der Waals surface area contributed by atoms with Crippen LogP contribution in [-0.2, 0) is 12.1 Å². The second-order valence-corrected chi connectivity index (χ2v) is 7.70. The van der Waals surface area contributed by atoms with Crippen molar-refractivity contribution in [3.63, 3.8) is 0 Å². The Labute approximate surface area is 138 Å². The highest BCUT2D eigenvalue weighted by molar-refractivity contribution is 5.26. The Kier molecular flexibility index (Phi) is 4.42. The quantitative estimate of drug-likeness (QED) is 0.862. The molecule has 0 saturated heterocycles. The molecule has 0 atom stereocenters. The lowest BCUT2D eigenvalue weighted by molar-refractivity contribution is 0.341. The molecule has 1 saturated carbocycles. The second kappa shape index (κ2) is 6.34. The number of rotatable bonds is 3. The Morgan fingerprint density at radius 1 is 1.09 bits per heavy atom. The van der Waals surface area contributed by atoms with Gasteiger partial charge in [0.15, 0.2) is 0 Å². The molecule has 4 nitrogen and oxygen atoms in total. The summed E-state index contributed by atoms with van der Waals surface area (Å²) in [6, 6.07) is 8.80. The molecule has 1 aromatic heterocycles. The lowest BCUT2D eigenvalue weighted by Crippen LogP contribution is -2.35. The molecule has 23 heavy (non-hydrogen) atoms. The molecule has 4 heteroatoms. The van der Waals surface area contributed by atoms with Gasteiger partial charge in [0.1, 0.15) is 6.33 Å². The van der Waals surface area contributed by atoms with Gasteiger partial charge < -0.3 is 0 Å². The summed E-state index contributed by atoms with van der Waals surface area (Å²) in [4.78, 5) is 12.4. The van der Waals surface area contributed by atoms with E-state index in [-0.39, 0.29) is 11.2 Å². The molecule has 124 valence electrons. The molecule has 0 spiro atoms. The SMILES string of the molecule is CC(C)(C)n1ncn(Cc2ccc(C3CCCCC3)cc2)c1=O. The first-order valence-electron chi connectivity index (χ1n) is 8.69. The van der Waals surface area contributed by atoms with Gasteiger partial charge in [0.25, 0.3) is 0 Å². The van der Waals surface area contributed by atoms with Crippen molar-refractivity contribution in [3.8, 4) is 0 Å². The van der Waals surface area contributed by atoms with Crippen molar-refractivity contribution < 1.29 is 0 Å². The van der Waals surface area contributed by atoms with Gasteiger partial charge in [0, 0.05) is 0 Å². The summed E-state index contributed by atoms with van der Waals surface area (Å²) in [5.41, 5.74) is 2.27. The van der Waals surface area contributed by atoms with E-state index in [0.717, 1.165) is 11.5 Å². The zero-order valence-corrected chi connectivity index (χ0v) is 14.5. The minimum Gasteiger partial charge on any atom is -0.277 e. The third kappa shape index (κ3) is 3.57. The van der Waals surface area contributed by atoms with Crippen LogP contribution in [0.1, 0.15) is 69.9 Å². The van der Waals surface area contributed by atoms with Crippen LogP contribution in [0.5, 0.6) is 0 Å². The van der Waals surface area contributed by atoms with E-state index < -0.39 is 0 Å². The van der Waals surface area contributed by atoms with Gasteiger partial charge >= 0.3 is 5.69 Å². The maximum absolute atomic E-state index is 12.4. The molecule has 0 aliphatic heterocycles. The third-order valence-corrected chi connectivity index (χ3v) is 4.78. The highest BCUT2D eigenvalue weighted by Crippen LogP contribution is 2.32. The van der Waals surface area contributed by atoms with E-state index in [2.05, 4.69) is 29.4 Å². The summed E-state index contributed by atoms with van der Waals surface area (Å²) in [6.45, 7) is 6.56. The molecule has 3 rings (SSSR count). The summed E-state index contributed by atoms with van der Waals surface area (Å²) in [7, 11) is 0. The highest BCUT2D eigenvalue weighted by Gasteiger charge is 2.19. The smallest absolute Gasteiger partial charge is 0.277 e. The fraction of sp³-hybridized carbons (Fsp3) is 0.579. The van der Waals surface area contributed by atoms with Gasteiger partial charge in [0.2, 0.25) is 0 Å². The first kappa shape index (κ1) is 16.0. The first-order valence-corrected chi connectivity index (χ1v) is 8.69. The van der Waals surface area contributed by atoms with Crippen molar-refractivity contribution in [3.05, 3.63) is 52.2 Å². The molecule has 1 fully saturated rings. The summed E-state index contributed by atoms with van der Waals surface area (Å²) >= 11 is 0. The number of nitrogens with zero attached hydrogens (tertiary/aromatic N) is 3. The topological polar surface area (TPSA) is 39.8 Å². The molecule has 1 aliphatic rings. The molecular weight excluding hydrogens is 286 g/mol. The molecule has 0 bridgehead atoms. The van der Waals surface area contributed by atoms with Gasteiger partial charge in [-0.15, -0.1) is 0 Å². The van der Waals surface area contributed by atoms with Crippen LogP contribution < -0.4 is 5.69 Å². The zero-order valence-electron chi connectivity index (χ0n) is 14.5. The minimum absolute atomic E-state index is 0.0474. The van der Waals surface area contributed by atoms with Crippen LogP contribution >= 0.6 is 0 Å². The maximum Gasteiger partial charge on any atom is 0.346 e. The number of benzene rings is 1. The van der Waals surface area contributed by atoms with Crippen molar-refractivity contribution in [2.75, 3.05) is 0 Å². The molecule has 0 amide bonds. The fourth-order valence-electron chi connectivity index (χ4n) is 3.43. The van der Waals surface area contributed by atoms with Crippen LogP contribution in [0, 0.1) is 0 Å². The molecule has 0 unspecified atom stereocenters. The fourth-order valence-corrected chi connectivity index (χ4v) is 3.43. The summed E-state index contributed by atoms with van der Waals surface area (Å²) in [5, 5.41) is 4.24. The average Bonchev–Trinajstić information content (AvgIpc) is 2.90. The van der Waals surface area contributed by atoms with Crippen molar-refractivity contribution in [2.45, 2.75) is 70.9 Å².